The molecule has 0 atom stereocenters. The van der Waals surface area contributed by atoms with Crippen molar-refractivity contribution in [2.45, 2.75) is 32.0 Å². The third-order valence-corrected chi connectivity index (χ3v) is 5.62. The van der Waals surface area contributed by atoms with E-state index in [1.807, 2.05) is 16.7 Å². The van der Waals surface area contributed by atoms with Crippen LogP contribution in [0.15, 0.2) is 47.4 Å². The molecule has 0 unspecified atom stereocenters. The van der Waals surface area contributed by atoms with Gasteiger partial charge in [-0.1, -0.05) is 18.2 Å². The highest BCUT2D eigenvalue weighted by Crippen LogP contribution is 2.38. The van der Waals surface area contributed by atoms with Gasteiger partial charge in [0.05, 0.1) is 5.52 Å². The van der Waals surface area contributed by atoms with E-state index in [2.05, 4.69) is 30.1 Å². The van der Waals surface area contributed by atoms with Crippen molar-refractivity contribution in [2.24, 2.45) is 0 Å². The van der Waals surface area contributed by atoms with Crippen LogP contribution in [0.25, 0.3) is 22.0 Å². The number of carboxylic acids is 1. The van der Waals surface area contributed by atoms with E-state index in [1.165, 1.54) is 17.3 Å². The lowest BCUT2D eigenvalue weighted by molar-refractivity contribution is 0.0695. The van der Waals surface area contributed by atoms with Crippen molar-refractivity contribution in [3.8, 4) is 11.1 Å². The molecule has 2 aliphatic rings. The van der Waals surface area contributed by atoms with Gasteiger partial charge in [0.15, 0.2) is 0 Å². The van der Waals surface area contributed by atoms with Gasteiger partial charge in [0, 0.05) is 30.7 Å². The van der Waals surface area contributed by atoms with Crippen molar-refractivity contribution >= 4 is 16.9 Å². The molecule has 5 heteroatoms. The van der Waals surface area contributed by atoms with Crippen molar-refractivity contribution < 1.29 is 9.90 Å². The molecule has 1 N–H and O–H groups in total. The molecule has 5 rings (SSSR count). The van der Waals surface area contributed by atoms with E-state index in [0.29, 0.717) is 5.39 Å². The maximum atomic E-state index is 12.6. The monoisotopic (exact) mass is 360 g/mol. The molecule has 0 spiro atoms. The summed E-state index contributed by atoms with van der Waals surface area (Å²) in [6, 6.07) is 12.6. The standard InChI is InChI=1S/C22H20N2O3/c1-23-10-15-3-2-13(8-16(15)11-23)14-4-7-18-20(9-14)24(17-5-6-17)12-19(21(18)25)22(26)27/h2-4,7-9,12,17H,5-6,10-11H2,1H3,(H,26,27). The van der Waals surface area contributed by atoms with Crippen LogP contribution in [0.5, 0.6) is 0 Å². The molecule has 1 saturated carbocycles. The van der Waals surface area contributed by atoms with Gasteiger partial charge in [0.2, 0.25) is 5.43 Å². The fourth-order valence-corrected chi connectivity index (χ4v) is 4.08. The summed E-state index contributed by atoms with van der Waals surface area (Å²) in [5, 5.41) is 9.86. The Bertz CT molecular complexity index is 1160. The molecule has 3 aromatic rings. The normalized spacial score (nSPS) is 16.6. The number of hydrogen-bond acceptors (Lipinski definition) is 3. The lowest BCUT2D eigenvalue weighted by atomic mass is 9.99. The molecule has 27 heavy (non-hydrogen) atoms. The molecule has 1 aromatic heterocycles. The minimum atomic E-state index is -1.16. The van der Waals surface area contributed by atoms with Crippen molar-refractivity contribution in [2.75, 3.05) is 7.05 Å². The Morgan fingerprint density at radius 3 is 2.48 bits per heavy atom. The molecular weight excluding hydrogens is 340 g/mol. The van der Waals surface area contributed by atoms with Gasteiger partial charge in [-0.3, -0.25) is 9.69 Å². The Balaban J connectivity index is 1.69. The minimum absolute atomic E-state index is 0.150. The lowest BCUT2D eigenvalue weighted by Gasteiger charge is -2.13. The number of carboxylic acid groups (broad SMARTS) is 1. The van der Waals surface area contributed by atoms with E-state index in [-0.39, 0.29) is 11.6 Å². The molecule has 0 radical (unpaired) electrons. The number of aromatic carboxylic acids is 1. The first-order valence-electron chi connectivity index (χ1n) is 9.24. The minimum Gasteiger partial charge on any atom is -0.477 e. The summed E-state index contributed by atoms with van der Waals surface area (Å²) < 4.78 is 1.98. The first kappa shape index (κ1) is 16.3. The molecule has 1 aliphatic carbocycles. The van der Waals surface area contributed by atoms with E-state index in [0.717, 1.165) is 42.6 Å². The van der Waals surface area contributed by atoms with Gasteiger partial charge in [-0.05, 0) is 60.3 Å². The van der Waals surface area contributed by atoms with E-state index in [1.54, 1.807) is 6.07 Å². The fraction of sp³-hybridized carbons (Fsp3) is 0.273. The zero-order valence-corrected chi connectivity index (χ0v) is 15.1. The van der Waals surface area contributed by atoms with E-state index >= 15 is 0 Å². The summed E-state index contributed by atoms with van der Waals surface area (Å²) >= 11 is 0. The van der Waals surface area contributed by atoms with Gasteiger partial charge in [0.1, 0.15) is 5.56 Å². The van der Waals surface area contributed by atoms with Crippen LogP contribution in [0.4, 0.5) is 0 Å². The highest BCUT2D eigenvalue weighted by molar-refractivity contribution is 5.94. The van der Waals surface area contributed by atoms with E-state index in [9.17, 15) is 14.7 Å². The molecule has 136 valence electrons. The topological polar surface area (TPSA) is 62.5 Å². The smallest absolute Gasteiger partial charge is 0.341 e. The molecule has 0 amide bonds. The Morgan fingerprint density at radius 1 is 1.04 bits per heavy atom. The van der Waals surface area contributed by atoms with Crippen LogP contribution in [0.2, 0.25) is 0 Å². The van der Waals surface area contributed by atoms with Crippen molar-refractivity contribution in [3.05, 3.63) is 69.5 Å². The molecule has 2 heterocycles. The number of pyridine rings is 1. The predicted molar refractivity (Wildman–Crippen MR) is 104 cm³/mol. The number of hydrogen-bond donors (Lipinski definition) is 1. The average Bonchev–Trinajstić information content (AvgIpc) is 3.41. The summed E-state index contributed by atoms with van der Waals surface area (Å²) in [6.45, 7) is 1.93. The van der Waals surface area contributed by atoms with Crippen LogP contribution in [-0.2, 0) is 13.1 Å². The van der Waals surface area contributed by atoms with Crippen LogP contribution in [0, 0.1) is 0 Å². The number of nitrogens with zero attached hydrogens (tertiary/aromatic N) is 2. The fourth-order valence-electron chi connectivity index (χ4n) is 4.08. The Morgan fingerprint density at radius 2 is 1.74 bits per heavy atom. The molecule has 0 bridgehead atoms. The third kappa shape index (κ3) is 2.66. The molecule has 5 nitrogen and oxygen atoms in total. The summed E-state index contributed by atoms with van der Waals surface area (Å²) in [7, 11) is 2.12. The largest absolute Gasteiger partial charge is 0.477 e. The van der Waals surface area contributed by atoms with Crippen LogP contribution < -0.4 is 5.43 Å². The van der Waals surface area contributed by atoms with Gasteiger partial charge >= 0.3 is 5.97 Å². The van der Waals surface area contributed by atoms with Gasteiger partial charge in [-0.15, -0.1) is 0 Å². The second-order valence-electron chi connectivity index (χ2n) is 7.70. The van der Waals surface area contributed by atoms with Crippen molar-refractivity contribution in [1.82, 2.24) is 9.47 Å². The summed E-state index contributed by atoms with van der Waals surface area (Å²) in [5.74, 6) is -1.16. The third-order valence-electron chi connectivity index (χ3n) is 5.62. The number of rotatable bonds is 3. The molecule has 0 saturated heterocycles. The van der Waals surface area contributed by atoms with E-state index in [4.69, 9.17) is 0 Å². The van der Waals surface area contributed by atoms with Crippen molar-refractivity contribution in [3.63, 3.8) is 0 Å². The van der Waals surface area contributed by atoms with Gasteiger partial charge < -0.3 is 9.67 Å². The molecule has 1 aliphatic heterocycles. The van der Waals surface area contributed by atoms with Crippen LogP contribution in [-0.4, -0.2) is 27.6 Å². The average molecular weight is 360 g/mol. The van der Waals surface area contributed by atoms with Crippen LogP contribution in [0.1, 0.15) is 40.4 Å². The van der Waals surface area contributed by atoms with Gasteiger partial charge in [-0.25, -0.2) is 4.79 Å². The highest BCUT2D eigenvalue weighted by Gasteiger charge is 2.27. The molecular formula is C22H20N2O3. The number of aromatic nitrogens is 1. The maximum Gasteiger partial charge on any atom is 0.341 e. The first-order chi connectivity index (χ1) is 13.0. The summed E-state index contributed by atoms with van der Waals surface area (Å²) in [5.41, 5.74) is 5.15. The second kappa shape index (κ2) is 5.79. The van der Waals surface area contributed by atoms with E-state index < -0.39 is 11.4 Å². The predicted octanol–water partition coefficient (Wildman–Crippen LogP) is 3.65. The van der Waals surface area contributed by atoms with Crippen LogP contribution in [0.3, 0.4) is 0 Å². The maximum absolute atomic E-state index is 12.6. The first-order valence-corrected chi connectivity index (χ1v) is 9.24. The Hall–Kier alpha value is -2.92. The number of benzene rings is 2. The summed E-state index contributed by atoms with van der Waals surface area (Å²) in [4.78, 5) is 26.4. The van der Waals surface area contributed by atoms with Gasteiger partial charge in [-0.2, -0.15) is 0 Å². The molecule has 1 fully saturated rings. The number of fused-ring (bicyclic) bond motifs is 2. The van der Waals surface area contributed by atoms with Gasteiger partial charge in [0.25, 0.3) is 0 Å². The van der Waals surface area contributed by atoms with Crippen LogP contribution >= 0.6 is 0 Å². The molecule has 2 aromatic carbocycles. The second-order valence-corrected chi connectivity index (χ2v) is 7.70. The summed E-state index contributed by atoms with van der Waals surface area (Å²) in [6.07, 6.45) is 3.56. The Kier molecular flexibility index (Phi) is 3.49. The zero-order chi connectivity index (χ0) is 18.7. The number of carbonyl (C=O) groups is 1. The lowest BCUT2D eigenvalue weighted by Crippen LogP contribution is -2.18. The highest BCUT2D eigenvalue weighted by atomic mass is 16.4. The SMILES string of the molecule is CN1Cc2ccc(-c3ccc4c(=O)c(C(=O)O)cn(C5CC5)c4c3)cc2C1. The zero-order valence-electron chi connectivity index (χ0n) is 15.1. The quantitative estimate of drug-likeness (QED) is 0.774. The Labute approximate surface area is 156 Å². The van der Waals surface area contributed by atoms with Crippen molar-refractivity contribution in [1.29, 1.82) is 0 Å².